The number of thiazole rings is 2. The summed E-state index contributed by atoms with van der Waals surface area (Å²) < 4.78 is 1.81. The van der Waals surface area contributed by atoms with Crippen molar-refractivity contribution in [3.63, 3.8) is 0 Å². The van der Waals surface area contributed by atoms with E-state index in [0.717, 1.165) is 38.1 Å². The Kier molecular flexibility index (Phi) is 4.20. The first-order valence-electron chi connectivity index (χ1n) is 7.74. The van der Waals surface area contributed by atoms with Gasteiger partial charge in [-0.3, -0.25) is 30.3 Å². The number of benzene rings is 2. The van der Waals surface area contributed by atoms with Crippen molar-refractivity contribution in [3.05, 3.63) is 61.1 Å². The number of rotatable bonds is 4. The lowest BCUT2D eigenvalue weighted by molar-refractivity contribution is -0.394. The molecule has 0 aliphatic heterocycles. The van der Waals surface area contributed by atoms with Crippen LogP contribution in [0.5, 0.6) is 0 Å². The highest BCUT2D eigenvalue weighted by Crippen LogP contribution is 2.36. The van der Waals surface area contributed by atoms with Crippen LogP contribution in [0.15, 0.2) is 30.3 Å². The van der Waals surface area contributed by atoms with E-state index < -0.39 is 27.1 Å². The largest absolute Gasteiger partial charge is 0.298 e. The van der Waals surface area contributed by atoms with Crippen LogP contribution in [-0.2, 0) is 0 Å². The lowest BCUT2D eigenvalue weighted by Gasteiger charge is -2.03. The maximum absolute atomic E-state index is 12.5. The number of anilines is 1. The summed E-state index contributed by atoms with van der Waals surface area (Å²) in [7, 11) is 0. The fraction of sp³-hybridized carbons (Fsp3) is 0.0625. The van der Waals surface area contributed by atoms with Crippen LogP contribution in [0, 0.1) is 27.2 Å². The second kappa shape index (κ2) is 6.58. The molecule has 0 saturated carbocycles. The second-order valence-electron chi connectivity index (χ2n) is 5.68. The van der Waals surface area contributed by atoms with Gasteiger partial charge in [0.15, 0.2) is 5.13 Å². The molecule has 2 heterocycles. The predicted molar refractivity (Wildman–Crippen MR) is 105 cm³/mol. The number of carbonyl (C=O) groups is 1. The minimum absolute atomic E-state index is 0.270. The number of hydrogen-bond acceptors (Lipinski definition) is 9. The van der Waals surface area contributed by atoms with Crippen molar-refractivity contribution in [1.82, 2.24) is 9.97 Å². The molecule has 0 unspecified atom stereocenters. The summed E-state index contributed by atoms with van der Waals surface area (Å²) in [5.41, 5.74) is 0.116. The topological polar surface area (TPSA) is 141 Å². The maximum Gasteiger partial charge on any atom is 0.289 e. The number of fused-ring (bicyclic) bond motifs is 3. The molecule has 0 atom stereocenters. The zero-order chi connectivity index (χ0) is 20.0. The van der Waals surface area contributed by atoms with Crippen molar-refractivity contribution in [3.8, 4) is 0 Å². The van der Waals surface area contributed by atoms with E-state index in [-0.39, 0.29) is 10.7 Å². The molecule has 10 nitrogen and oxygen atoms in total. The summed E-state index contributed by atoms with van der Waals surface area (Å²) >= 11 is 2.75. The number of amides is 1. The molecule has 1 N–H and O–H groups in total. The number of aromatic nitrogens is 2. The second-order valence-corrected chi connectivity index (χ2v) is 7.89. The monoisotopic (exact) mass is 415 g/mol. The van der Waals surface area contributed by atoms with Crippen molar-refractivity contribution >= 4 is 65.5 Å². The molecule has 28 heavy (non-hydrogen) atoms. The lowest BCUT2D eigenvalue weighted by Crippen LogP contribution is -2.14. The first-order chi connectivity index (χ1) is 13.3. The average Bonchev–Trinajstić information content (AvgIpc) is 3.22. The molecule has 0 aliphatic rings. The average molecular weight is 415 g/mol. The molecule has 0 bridgehead atoms. The minimum Gasteiger partial charge on any atom is -0.298 e. The molecule has 4 aromatic rings. The first-order valence-corrected chi connectivity index (χ1v) is 9.37. The Morgan fingerprint density at radius 1 is 1.00 bits per heavy atom. The molecule has 1 amide bonds. The summed E-state index contributed by atoms with van der Waals surface area (Å²) in [4.78, 5) is 41.8. The van der Waals surface area contributed by atoms with Gasteiger partial charge in [-0.05, 0) is 25.1 Å². The minimum atomic E-state index is -0.829. The number of nitro benzene ring substituents is 2. The number of hydrogen-bond donors (Lipinski definition) is 1. The van der Waals surface area contributed by atoms with Gasteiger partial charge in [-0.15, -0.1) is 11.3 Å². The van der Waals surface area contributed by atoms with Crippen LogP contribution in [0.4, 0.5) is 16.5 Å². The fourth-order valence-corrected chi connectivity index (χ4v) is 4.68. The van der Waals surface area contributed by atoms with E-state index in [2.05, 4.69) is 15.3 Å². The Morgan fingerprint density at radius 3 is 2.36 bits per heavy atom. The van der Waals surface area contributed by atoms with Crippen LogP contribution in [0.2, 0.25) is 0 Å². The Hall–Kier alpha value is -3.51. The Balaban J connectivity index is 1.71. The van der Waals surface area contributed by atoms with Gasteiger partial charge in [0.05, 0.1) is 41.4 Å². The lowest BCUT2D eigenvalue weighted by atomic mass is 10.1. The van der Waals surface area contributed by atoms with Crippen molar-refractivity contribution in [1.29, 1.82) is 0 Å². The van der Waals surface area contributed by atoms with Gasteiger partial charge >= 0.3 is 0 Å². The Morgan fingerprint density at radius 2 is 1.68 bits per heavy atom. The van der Waals surface area contributed by atoms with Crippen molar-refractivity contribution in [2.24, 2.45) is 0 Å². The summed E-state index contributed by atoms with van der Waals surface area (Å²) in [6, 6.07) is 6.50. The standard InChI is InChI=1S/C16H9N5O5S2/c1-7-17-10-4-5-11-14(13(10)27-7)28-16(18-11)19-15(22)9-3-2-8(20(23)24)6-12(9)21(25)26/h2-6H,1H3,(H,18,19,22). The van der Waals surface area contributed by atoms with E-state index in [1.165, 1.54) is 22.7 Å². The van der Waals surface area contributed by atoms with Crippen molar-refractivity contribution in [2.75, 3.05) is 5.32 Å². The third-order valence-corrected chi connectivity index (χ3v) is 6.01. The molecular weight excluding hydrogens is 406 g/mol. The van der Waals surface area contributed by atoms with Gasteiger partial charge in [-0.1, -0.05) is 11.3 Å². The van der Waals surface area contributed by atoms with Gasteiger partial charge < -0.3 is 0 Å². The van der Waals surface area contributed by atoms with E-state index in [9.17, 15) is 25.0 Å². The number of carbonyl (C=O) groups excluding carboxylic acids is 1. The SMILES string of the molecule is Cc1nc2ccc3nc(NC(=O)c4ccc([N+](=O)[O-])cc4[N+](=O)[O-])sc3c2s1. The third-order valence-electron chi connectivity index (χ3n) is 3.87. The summed E-state index contributed by atoms with van der Waals surface area (Å²) in [5, 5.41) is 25.8. The summed E-state index contributed by atoms with van der Waals surface area (Å²) in [6.45, 7) is 1.90. The molecule has 0 saturated heterocycles. The van der Waals surface area contributed by atoms with Gasteiger partial charge in [-0.25, -0.2) is 9.97 Å². The van der Waals surface area contributed by atoms with E-state index in [1.54, 1.807) is 6.07 Å². The number of nitrogens with zero attached hydrogens (tertiary/aromatic N) is 4. The van der Waals surface area contributed by atoms with Gasteiger partial charge in [-0.2, -0.15) is 0 Å². The first kappa shape index (κ1) is 17.9. The van der Waals surface area contributed by atoms with E-state index >= 15 is 0 Å². The predicted octanol–water partition coefficient (Wildman–Crippen LogP) is 4.28. The number of aryl methyl sites for hydroxylation is 1. The van der Waals surface area contributed by atoms with Crippen LogP contribution in [0.25, 0.3) is 20.4 Å². The maximum atomic E-state index is 12.5. The summed E-state index contributed by atoms with van der Waals surface area (Å²) in [6.07, 6.45) is 0. The molecule has 0 aliphatic carbocycles. The highest BCUT2D eigenvalue weighted by atomic mass is 32.1. The van der Waals surface area contributed by atoms with Crippen molar-refractivity contribution < 1.29 is 14.6 Å². The molecule has 4 rings (SSSR count). The van der Waals surface area contributed by atoms with Gasteiger partial charge in [0, 0.05) is 6.07 Å². The molecule has 2 aromatic carbocycles. The molecule has 12 heteroatoms. The Bertz CT molecular complexity index is 1300. The number of nitrogens with one attached hydrogen (secondary N) is 1. The molecular formula is C16H9N5O5S2. The van der Waals surface area contributed by atoms with Gasteiger partial charge in [0.25, 0.3) is 17.3 Å². The molecule has 0 fully saturated rings. The quantitative estimate of drug-likeness (QED) is 0.387. The normalized spacial score (nSPS) is 11.0. The highest BCUT2D eigenvalue weighted by Gasteiger charge is 2.25. The van der Waals surface area contributed by atoms with Crippen LogP contribution >= 0.6 is 22.7 Å². The number of nitro groups is 2. The van der Waals surface area contributed by atoms with E-state index in [4.69, 9.17) is 0 Å². The smallest absolute Gasteiger partial charge is 0.289 e. The fourth-order valence-electron chi connectivity index (χ4n) is 2.68. The van der Waals surface area contributed by atoms with Crippen LogP contribution in [-0.4, -0.2) is 25.7 Å². The van der Waals surface area contributed by atoms with Gasteiger partial charge in [0.1, 0.15) is 5.56 Å². The number of non-ortho nitro benzene ring substituents is 1. The highest BCUT2D eigenvalue weighted by molar-refractivity contribution is 7.28. The molecule has 140 valence electrons. The van der Waals surface area contributed by atoms with Crippen LogP contribution in [0.3, 0.4) is 0 Å². The summed E-state index contributed by atoms with van der Waals surface area (Å²) in [5.74, 6) is -0.766. The van der Waals surface area contributed by atoms with Crippen LogP contribution < -0.4 is 5.32 Å². The van der Waals surface area contributed by atoms with Crippen molar-refractivity contribution in [2.45, 2.75) is 6.92 Å². The zero-order valence-corrected chi connectivity index (χ0v) is 15.7. The van der Waals surface area contributed by atoms with Crippen LogP contribution in [0.1, 0.15) is 15.4 Å². The molecule has 2 aromatic heterocycles. The van der Waals surface area contributed by atoms with E-state index in [0.29, 0.717) is 5.52 Å². The van der Waals surface area contributed by atoms with E-state index in [1.807, 2.05) is 13.0 Å². The molecule has 0 radical (unpaired) electrons. The Labute approximate surface area is 163 Å². The third kappa shape index (κ3) is 3.04. The molecule has 0 spiro atoms. The zero-order valence-electron chi connectivity index (χ0n) is 14.0. The van der Waals surface area contributed by atoms with Gasteiger partial charge in [0.2, 0.25) is 0 Å².